The summed E-state index contributed by atoms with van der Waals surface area (Å²) in [5.74, 6) is 0.160. The van der Waals surface area contributed by atoms with Gasteiger partial charge in [0.2, 0.25) is 0 Å². The van der Waals surface area contributed by atoms with Gasteiger partial charge in [0.1, 0.15) is 0 Å². The molecule has 1 aromatic rings. The van der Waals surface area contributed by atoms with Gasteiger partial charge < -0.3 is 0 Å². The molecule has 0 amide bonds. The van der Waals surface area contributed by atoms with E-state index in [0.29, 0.717) is 11.1 Å². The van der Waals surface area contributed by atoms with Crippen LogP contribution in [0.15, 0.2) is 24.3 Å². The van der Waals surface area contributed by atoms with Crippen molar-refractivity contribution in [3.05, 3.63) is 35.4 Å². The first-order valence-corrected chi connectivity index (χ1v) is 6.70. The third-order valence-electron chi connectivity index (χ3n) is 4.66. The van der Waals surface area contributed by atoms with E-state index in [-0.39, 0.29) is 28.8 Å². The molecule has 0 radical (unpaired) electrons. The molecule has 3 rings (SSSR count). The predicted molar refractivity (Wildman–Crippen MR) is 69.7 cm³/mol. The quantitative estimate of drug-likeness (QED) is 0.697. The Hall–Kier alpha value is -1.44. The van der Waals surface area contributed by atoms with E-state index < -0.39 is 0 Å². The third kappa shape index (κ3) is 1.48. The molecular weight excluding hydrogens is 224 g/mol. The van der Waals surface area contributed by atoms with Crippen molar-refractivity contribution in [1.82, 2.24) is 0 Å². The molecule has 2 aliphatic rings. The van der Waals surface area contributed by atoms with Crippen LogP contribution in [0.25, 0.3) is 0 Å². The largest absolute Gasteiger partial charge is 0.294 e. The maximum atomic E-state index is 12.7. The van der Waals surface area contributed by atoms with E-state index in [2.05, 4.69) is 13.8 Å². The van der Waals surface area contributed by atoms with E-state index in [1.165, 1.54) is 0 Å². The first-order valence-electron chi connectivity index (χ1n) is 6.70. The van der Waals surface area contributed by atoms with E-state index >= 15 is 0 Å². The lowest BCUT2D eigenvalue weighted by molar-refractivity contribution is 0.0407. The van der Waals surface area contributed by atoms with Crippen LogP contribution in [0.5, 0.6) is 0 Å². The SMILES string of the molecule is CC1(C)CCCC2C(=O)c3ccccc3C(=O)C21. The molecule has 0 spiro atoms. The number of benzene rings is 1. The highest BCUT2D eigenvalue weighted by molar-refractivity contribution is 6.16. The van der Waals surface area contributed by atoms with Crippen LogP contribution in [-0.4, -0.2) is 11.6 Å². The fraction of sp³-hybridized carbons (Fsp3) is 0.500. The molecule has 0 bridgehead atoms. The van der Waals surface area contributed by atoms with Gasteiger partial charge in [-0.2, -0.15) is 0 Å². The second kappa shape index (κ2) is 3.78. The highest BCUT2D eigenvalue weighted by atomic mass is 16.1. The van der Waals surface area contributed by atoms with Gasteiger partial charge in [-0.3, -0.25) is 9.59 Å². The van der Waals surface area contributed by atoms with Crippen LogP contribution in [0.4, 0.5) is 0 Å². The molecule has 1 fully saturated rings. The zero-order valence-electron chi connectivity index (χ0n) is 10.9. The zero-order valence-corrected chi connectivity index (χ0v) is 10.9. The maximum Gasteiger partial charge on any atom is 0.167 e. The Kier molecular flexibility index (Phi) is 2.44. The number of hydrogen-bond acceptors (Lipinski definition) is 2. The topological polar surface area (TPSA) is 34.1 Å². The van der Waals surface area contributed by atoms with Crippen LogP contribution in [0.3, 0.4) is 0 Å². The van der Waals surface area contributed by atoms with Gasteiger partial charge in [-0.25, -0.2) is 0 Å². The maximum absolute atomic E-state index is 12.7. The van der Waals surface area contributed by atoms with Gasteiger partial charge in [0.25, 0.3) is 0 Å². The smallest absolute Gasteiger partial charge is 0.167 e. The number of rotatable bonds is 0. The van der Waals surface area contributed by atoms with Gasteiger partial charge in [-0.15, -0.1) is 0 Å². The van der Waals surface area contributed by atoms with Crippen LogP contribution in [0.2, 0.25) is 0 Å². The van der Waals surface area contributed by atoms with Crippen molar-refractivity contribution in [1.29, 1.82) is 0 Å². The number of carbonyl (C=O) groups excluding carboxylic acids is 2. The average molecular weight is 242 g/mol. The van der Waals surface area contributed by atoms with Crippen LogP contribution < -0.4 is 0 Å². The Morgan fingerprint density at radius 2 is 1.67 bits per heavy atom. The Morgan fingerprint density at radius 1 is 1.06 bits per heavy atom. The monoisotopic (exact) mass is 242 g/mol. The van der Waals surface area contributed by atoms with Crippen molar-refractivity contribution in [2.24, 2.45) is 17.3 Å². The minimum Gasteiger partial charge on any atom is -0.294 e. The summed E-state index contributed by atoms with van der Waals surface area (Å²) >= 11 is 0. The van der Waals surface area contributed by atoms with Crippen molar-refractivity contribution in [3.63, 3.8) is 0 Å². The van der Waals surface area contributed by atoms with Gasteiger partial charge in [0, 0.05) is 23.0 Å². The molecule has 1 aromatic carbocycles. The summed E-state index contributed by atoms with van der Waals surface area (Å²) in [6, 6.07) is 7.29. The summed E-state index contributed by atoms with van der Waals surface area (Å²) in [7, 11) is 0. The molecule has 2 atom stereocenters. The molecule has 2 nitrogen and oxygen atoms in total. The molecule has 0 N–H and O–H groups in total. The lowest BCUT2D eigenvalue weighted by Crippen LogP contribution is -2.47. The summed E-state index contributed by atoms with van der Waals surface area (Å²) in [5.41, 5.74) is 1.23. The number of Topliss-reactive ketones (excluding diaryl/α,β-unsaturated/α-hetero) is 2. The number of hydrogen-bond donors (Lipinski definition) is 0. The van der Waals surface area contributed by atoms with Crippen molar-refractivity contribution in [2.75, 3.05) is 0 Å². The third-order valence-corrected chi connectivity index (χ3v) is 4.66. The Bertz CT molecular complexity index is 528. The van der Waals surface area contributed by atoms with Gasteiger partial charge in [0.15, 0.2) is 11.6 Å². The first-order chi connectivity index (χ1) is 8.52. The second-order valence-electron chi connectivity index (χ2n) is 6.24. The Balaban J connectivity index is 2.16. The zero-order chi connectivity index (χ0) is 12.9. The lowest BCUT2D eigenvalue weighted by Gasteiger charge is -2.44. The number of carbonyl (C=O) groups is 2. The Morgan fingerprint density at radius 3 is 2.33 bits per heavy atom. The summed E-state index contributed by atoms with van der Waals surface area (Å²) in [5, 5.41) is 0. The molecule has 0 heterocycles. The van der Waals surface area contributed by atoms with E-state index in [0.717, 1.165) is 19.3 Å². The minimum atomic E-state index is -0.117. The molecule has 1 saturated carbocycles. The Labute approximate surface area is 107 Å². The number of ketones is 2. The van der Waals surface area contributed by atoms with Crippen LogP contribution in [0, 0.1) is 17.3 Å². The highest BCUT2D eigenvalue weighted by Crippen LogP contribution is 2.49. The van der Waals surface area contributed by atoms with Crippen molar-refractivity contribution in [2.45, 2.75) is 33.1 Å². The predicted octanol–water partition coefficient (Wildman–Crippen LogP) is 3.51. The van der Waals surface area contributed by atoms with E-state index in [4.69, 9.17) is 0 Å². The first kappa shape index (κ1) is 11.6. The van der Waals surface area contributed by atoms with E-state index in [9.17, 15) is 9.59 Å². The summed E-state index contributed by atoms with van der Waals surface area (Å²) in [6.45, 7) is 4.26. The second-order valence-corrected chi connectivity index (χ2v) is 6.24. The fourth-order valence-electron chi connectivity index (χ4n) is 3.74. The average Bonchev–Trinajstić information content (AvgIpc) is 2.35. The fourth-order valence-corrected chi connectivity index (χ4v) is 3.74. The summed E-state index contributed by atoms with van der Waals surface area (Å²) in [4.78, 5) is 25.2. The summed E-state index contributed by atoms with van der Waals surface area (Å²) < 4.78 is 0. The lowest BCUT2D eigenvalue weighted by atomic mass is 9.57. The molecule has 2 heteroatoms. The van der Waals surface area contributed by atoms with Gasteiger partial charge in [-0.05, 0) is 18.3 Å². The van der Waals surface area contributed by atoms with Crippen LogP contribution in [-0.2, 0) is 0 Å². The van der Waals surface area contributed by atoms with E-state index in [1.807, 2.05) is 12.1 Å². The molecule has 0 saturated heterocycles. The summed E-state index contributed by atoms with van der Waals surface area (Å²) in [6.07, 6.45) is 2.96. The molecule has 18 heavy (non-hydrogen) atoms. The number of fused-ring (bicyclic) bond motifs is 2. The molecule has 94 valence electrons. The standard InChI is InChI=1S/C16H18O2/c1-16(2)9-5-8-12-13(16)15(18)11-7-4-3-6-10(11)14(12)17/h3-4,6-7,12-13H,5,8-9H2,1-2H3. The van der Waals surface area contributed by atoms with Gasteiger partial charge in [-0.1, -0.05) is 44.5 Å². The highest BCUT2D eigenvalue weighted by Gasteiger charge is 2.50. The minimum absolute atomic E-state index is 0.0524. The van der Waals surface area contributed by atoms with Crippen molar-refractivity contribution in [3.8, 4) is 0 Å². The van der Waals surface area contributed by atoms with Gasteiger partial charge >= 0.3 is 0 Å². The van der Waals surface area contributed by atoms with Crippen molar-refractivity contribution >= 4 is 11.6 Å². The molecule has 2 aliphatic carbocycles. The molecule has 0 aliphatic heterocycles. The molecule has 0 aromatic heterocycles. The van der Waals surface area contributed by atoms with Crippen LogP contribution >= 0.6 is 0 Å². The normalized spacial score (nSPS) is 29.7. The van der Waals surface area contributed by atoms with Gasteiger partial charge in [0.05, 0.1) is 0 Å². The van der Waals surface area contributed by atoms with E-state index in [1.54, 1.807) is 12.1 Å². The molecular formula is C16H18O2. The van der Waals surface area contributed by atoms with Crippen molar-refractivity contribution < 1.29 is 9.59 Å². The molecule has 2 unspecified atom stereocenters. The van der Waals surface area contributed by atoms with Crippen LogP contribution in [0.1, 0.15) is 53.8 Å².